The molecule has 23 heavy (non-hydrogen) atoms. The van der Waals surface area contributed by atoms with Gasteiger partial charge in [-0.2, -0.15) is 5.10 Å². The number of aromatic amines is 1. The summed E-state index contributed by atoms with van der Waals surface area (Å²) in [4.78, 5) is 2.42. The summed E-state index contributed by atoms with van der Waals surface area (Å²) in [7, 11) is 0. The normalized spacial score (nSPS) is 18.6. The number of rotatable bonds is 4. The second-order valence-corrected chi connectivity index (χ2v) is 6.45. The zero-order chi connectivity index (χ0) is 15.6. The molecule has 0 aliphatic carbocycles. The van der Waals surface area contributed by atoms with Crippen molar-refractivity contribution in [1.82, 2.24) is 15.1 Å². The Bertz CT molecular complexity index is 799. The van der Waals surface area contributed by atoms with Crippen LogP contribution in [0, 0.1) is 0 Å². The molecule has 5 heteroatoms. The molecule has 2 aromatic carbocycles. The van der Waals surface area contributed by atoms with Gasteiger partial charge < -0.3 is 4.74 Å². The van der Waals surface area contributed by atoms with Gasteiger partial charge in [-0.3, -0.25) is 10.00 Å². The van der Waals surface area contributed by atoms with Gasteiger partial charge in [0.15, 0.2) is 0 Å². The lowest BCUT2D eigenvalue weighted by Crippen LogP contribution is -2.24. The van der Waals surface area contributed by atoms with Crippen LogP contribution < -0.4 is 4.74 Å². The number of fused-ring (bicyclic) bond motifs is 1. The van der Waals surface area contributed by atoms with E-state index in [0.29, 0.717) is 0 Å². The summed E-state index contributed by atoms with van der Waals surface area (Å²) in [5.41, 5.74) is 2.32. The van der Waals surface area contributed by atoms with Crippen molar-refractivity contribution < 1.29 is 4.74 Å². The van der Waals surface area contributed by atoms with E-state index in [1.807, 2.05) is 36.5 Å². The molecule has 1 aliphatic rings. The Hall–Kier alpha value is -2.04. The summed E-state index contributed by atoms with van der Waals surface area (Å²) >= 11 is 5.93. The van der Waals surface area contributed by atoms with Crippen molar-refractivity contribution in [1.29, 1.82) is 0 Å². The van der Waals surface area contributed by atoms with Crippen molar-refractivity contribution in [3.63, 3.8) is 0 Å². The lowest BCUT2D eigenvalue weighted by molar-refractivity contribution is 0.198. The van der Waals surface area contributed by atoms with Crippen LogP contribution in [0.3, 0.4) is 0 Å². The van der Waals surface area contributed by atoms with Crippen LogP contribution in [0.25, 0.3) is 10.9 Å². The summed E-state index contributed by atoms with van der Waals surface area (Å²) in [6.45, 7) is 2.95. The molecule has 1 saturated heterocycles. The average molecular weight is 328 g/mol. The van der Waals surface area contributed by atoms with Gasteiger partial charge >= 0.3 is 0 Å². The quantitative estimate of drug-likeness (QED) is 0.791. The van der Waals surface area contributed by atoms with Crippen LogP contribution in [-0.4, -0.2) is 34.3 Å². The third-order valence-electron chi connectivity index (χ3n) is 4.26. The van der Waals surface area contributed by atoms with Crippen molar-refractivity contribution in [2.45, 2.75) is 19.1 Å². The second-order valence-electron chi connectivity index (χ2n) is 6.01. The van der Waals surface area contributed by atoms with Gasteiger partial charge in [0, 0.05) is 30.0 Å². The van der Waals surface area contributed by atoms with Gasteiger partial charge in [0.1, 0.15) is 11.9 Å². The summed E-state index contributed by atoms with van der Waals surface area (Å²) in [5, 5.41) is 8.86. The number of aromatic nitrogens is 2. The van der Waals surface area contributed by atoms with Gasteiger partial charge in [-0.25, -0.2) is 0 Å². The fourth-order valence-corrected chi connectivity index (χ4v) is 3.20. The smallest absolute Gasteiger partial charge is 0.120 e. The van der Waals surface area contributed by atoms with Crippen LogP contribution in [0.1, 0.15) is 12.0 Å². The van der Waals surface area contributed by atoms with Crippen LogP contribution >= 0.6 is 11.6 Å². The number of H-pyrrole nitrogens is 1. The maximum absolute atomic E-state index is 6.14. The summed E-state index contributed by atoms with van der Waals surface area (Å²) in [5.74, 6) is 0.914. The molecule has 1 aromatic heterocycles. The van der Waals surface area contributed by atoms with E-state index in [9.17, 15) is 0 Å². The van der Waals surface area contributed by atoms with Gasteiger partial charge in [0.05, 0.1) is 11.7 Å². The minimum Gasteiger partial charge on any atom is -0.489 e. The third kappa shape index (κ3) is 3.33. The number of benzene rings is 2. The Morgan fingerprint density at radius 3 is 2.96 bits per heavy atom. The maximum atomic E-state index is 6.14. The van der Waals surface area contributed by atoms with E-state index < -0.39 is 0 Å². The van der Waals surface area contributed by atoms with Crippen molar-refractivity contribution in [2.24, 2.45) is 0 Å². The van der Waals surface area contributed by atoms with Crippen molar-refractivity contribution in [3.05, 3.63) is 59.2 Å². The standard InChI is InChI=1S/C18H18ClN3O/c19-15-3-1-13(2-4-15)11-22-8-7-17(12-22)23-16-5-6-18-14(9-16)10-20-21-18/h1-6,9-10,17H,7-8,11-12H2,(H,20,21)/t17-/m0/s1. The van der Waals surface area contributed by atoms with E-state index in [4.69, 9.17) is 16.3 Å². The molecule has 1 fully saturated rings. The highest BCUT2D eigenvalue weighted by atomic mass is 35.5. The molecule has 0 unspecified atom stereocenters. The number of nitrogens with one attached hydrogen (secondary N) is 1. The number of hydrogen-bond donors (Lipinski definition) is 1. The predicted octanol–water partition coefficient (Wildman–Crippen LogP) is 3.87. The molecule has 1 N–H and O–H groups in total. The van der Waals surface area contributed by atoms with Crippen molar-refractivity contribution in [3.8, 4) is 5.75 Å². The second kappa shape index (κ2) is 6.22. The molecule has 1 aliphatic heterocycles. The lowest BCUT2D eigenvalue weighted by Gasteiger charge is -2.17. The average Bonchev–Trinajstić information content (AvgIpc) is 3.18. The van der Waals surface area contributed by atoms with Crippen molar-refractivity contribution in [2.75, 3.05) is 13.1 Å². The van der Waals surface area contributed by atoms with E-state index >= 15 is 0 Å². The van der Waals surface area contributed by atoms with Crippen LogP contribution in [0.5, 0.6) is 5.75 Å². The van der Waals surface area contributed by atoms with Crippen LogP contribution in [0.15, 0.2) is 48.7 Å². The Balaban J connectivity index is 1.37. The van der Waals surface area contributed by atoms with Crippen LogP contribution in [-0.2, 0) is 6.54 Å². The Morgan fingerprint density at radius 1 is 1.22 bits per heavy atom. The minimum absolute atomic E-state index is 0.242. The van der Waals surface area contributed by atoms with Gasteiger partial charge in [0.2, 0.25) is 0 Å². The molecular formula is C18H18ClN3O. The first kappa shape index (κ1) is 14.5. The Morgan fingerprint density at radius 2 is 2.09 bits per heavy atom. The third-order valence-corrected chi connectivity index (χ3v) is 4.51. The first-order valence-electron chi connectivity index (χ1n) is 7.83. The van der Waals surface area contributed by atoms with Crippen LogP contribution in [0.2, 0.25) is 5.02 Å². The zero-order valence-electron chi connectivity index (χ0n) is 12.7. The molecule has 0 bridgehead atoms. The SMILES string of the molecule is Clc1ccc(CN2CC[C@H](Oc3ccc4[nH]ncc4c3)C2)cc1. The van der Waals surface area contributed by atoms with Gasteiger partial charge in [-0.1, -0.05) is 23.7 Å². The molecule has 4 rings (SSSR count). The Labute approximate surface area is 140 Å². The Kier molecular flexibility index (Phi) is 3.93. The minimum atomic E-state index is 0.242. The van der Waals surface area contributed by atoms with E-state index in [1.165, 1.54) is 5.56 Å². The van der Waals surface area contributed by atoms with Crippen molar-refractivity contribution >= 4 is 22.5 Å². The highest BCUT2D eigenvalue weighted by molar-refractivity contribution is 6.30. The van der Waals surface area contributed by atoms with E-state index in [1.54, 1.807) is 0 Å². The molecule has 2 heterocycles. The van der Waals surface area contributed by atoms with Gasteiger partial charge in [0.25, 0.3) is 0 Å². The highest BCUT2D eigenvalue weighted by Crippen LogP contribution is 2.23. The number of likely N-dealkylation sites (tertiary alicyclic amines) is 1. The summed E-state index contributed by atoms with van der Waals surface area (Å²) in [6, 6.07) is 14.1. The number of nitrogens with zero attached hydrogens (tertiary/aromatic N) is 2. The molecule has 3 aromatic rings. The van der Waals surface area contributed by atoms with E-state index in [0.717, 1.165) is 47.7 Å². The zero-order valence-corrected chi connectivity index (χ0v) is 13.5. The molecule has 0 radical (unpaired) electrons. The summed E-state index contributed by atoms with van der Waals surface area (Å²) < 4.78 is 6.14. The van der Waals surface area contributed by atoms with E-state index in [2.05, 4.69) is 27.2 Å². The monoisotopic (exact) mass is 327 g/mol. The maximum Gasteiger partial charge on any atom is 0.120 e. The topological polar surface area (TPSA) is 41.1 Å². The number of halogens is 1. The molecule has 1 atom stereocenters. The van der Waals surface area contributed by atoms with Crippen LogP contribution in [0.4, 0.5) is 0 Å². The molecule has 0 amide bonds. The fraction of sp³-hybridized carbons (Fsp3) is 0.278. The van der Waals surface area contributed by atoms with Gasteiger partial charge in [-0.05, 0) is 42.3 Å². The fourth-order valence-electron chi connectivity index (χ4n) is 3.07. The largest absolute Gasteiger partial charge is 0.489 e. The van der Waals surface area contributed by atoms with E-state index in [-0.39, 0.29) is 6.10 Å². The first-order chi connectivity index (χ1) is 11.3. The predicted molar refractivity (Wildman–Crippen MR) is 91.9 cm³/mol. The summed E-state index contributed by atoms with van der Waals surface area (Å²) in [6.07, 6.45) is 3.12. The molecule has 0 spiro atoms. The highest BCUT2D eigenvalue weighted by Gasteiger charge is 2.24. The first-order valence-corrected chi connectivity index (χ1v) is 8.21. The van der Waals surface area contributed by atoms with Gasteiger partial charge in [-0.15, -0.1) is 0 Å². The number of ether oxygens (including phenoxy) is 1. The molecule has 0 saturated carbocycles. The molecule has 4 nitrogen and oxygen atoms in total. The lowest BCUT2D eigenvalue weighted by atomic mass is 10.2. The number of hydrogen-bond acceptors (Lipinski definition) is 3. The molecular weight excluding hydrogens is 310 g/mol. The molecule has 118 valence electrons.